The first-order valence-corrected chi connectivity index (χ1v) is 12.1. The van der Waals surface area contributed by atoms with Crippen LogP contribution in [0.4, 0.5) is 0 Å². The van der Waals surface area contributed by atoms with Gasteiger partial charge in [0.25, 0.3) is 10.0 Å². The fourth-order valence-electron chi connectivity index (χ4n) is 4.09. The van der Waals surface area contributed by atoms with E-state index >= 15 is 0 Å². The lowest BCUT2D eigenvalue weighted by Crippen LogP contribution is -2.12. The molecule has 5 aromatic rings. The molecule has 2 aromatic heterocycles. The Bertz CT molecular complexity index is 1690. The smallest absolute Gasteiger partial charge is 0.268 e. The number of aryl methyl sites for hydroxylation is 2. The maximum absolute atomic E-state index is 13.4. The predicted octanol–water partition coefficient (Wildman–Crippen LogP) is 5.49. The average Bonchev–Trinajstić information content (AvgIpc) is 3.41. The van der Waals surface area contributed by atoms with Gasteiger partial charge in [-0.1, -0.05) is 29.3 Å². The van der Waals surface area contributed by atoms with E-state index in [9.17, 15) is 8.42 Å². The van der Waals surface area contributed by atoms with Gasteiger partial charge in [-0.25, -0.2) is 17.4 Å². The lowest BCUT2D eigenvalue weighted by atomic mass is 10.0. The molecule has 3 aromatic carbocycles. The van der Waals surface area contributed by atoms with Crippen LogP contribution < -0.4 is 0 Å². The average molecular weight is 475 g/mol. The highest BCUT2D eigenvalue weighted by molar-refractivity contribution is 7.90. The number of aromatic amines is 1. The number of halogens is 1. The maximum Gasteiger partial charge on any atom is 0.268 e. The van der Waals surface area contributed by atoms with Crippen molar-refractivity contribution >= 4 is 43.6 Å². The van der Waals surface area contributed by atoms with E-state index in [0.717, 1.165) is 33.4 Å². The second-order valence-corrected chi connectivity index (χ2v) is 10.3. The molecule has 2 heterocycles. The summed E-state index contributed by atoms with van der Waals surface area (Å²) in [5.74, 6) is 0.723. The molecule has 0 amide bonds. The number of benzene rings is 3. The zero-order valence-electron chi connectivity index (χ0n) is 17.9. The first-order chi connectivity index (χ1) is 15.8. The summed E-state index contributed by atoms with van der Waals surface area (Å²) in [7, 11) is -3.81. The molecule has 0 atom stereocenters. The number of rotatable bonds is 4. The molecule has 0 spiro atoms. The molecule has 0 saturated heterocycles. The lowest BCUT2D eigenvalue weighted by molar-refractivity contribution is 0.589. The summed E-state index contributed by atoms with van der Waals surface area (Å²) in [6.45, 7) is 3.86. The quantitative estimate of drug-likeness (QED) is 0.373. The molecule has 5 rings (SSSR count). The van der Waals surface area contributed by atoms with Crippen molar-refractivity contribution in [1.82, 2.24) is 13.9 Å². The Morgan fingerprint density at radius 2 is 1.85 bits per heavy atom. The number of H-pyrrole nitrogens is 1. The minimum Gasteiger partial charge on any atom is -0.342 e. The van der Waals surface area contributed by atoms with E-state index in [1.165, 1.54) is 3.97 Å². The number of nitriles is 1. The Labute approximate surface area is 196 Å². The van der Waals surface area contributed by atoms with E-state index < -0.39 is 10.0 Å². The standard InChI is InChI=1S/C25H19ClN4O2S/c1-15-3-6-18(7-4-15)33(31,32)30-10-9-19-20(16(2)11-21(26)25(19)30)13-24-28-22-8-5-17(14-27)12-23(22)29-24/h3-12H,13H2,1-2H3,(H,28,29). The van der Waals surface area contributed by atoms with E-state index in [0.29, 0.717) is 28.0 Å². The van der Waals surface area contributed by atoms with Gasteiger partial charge in [0.05, 0.1) is 38.1 Å². The molecule has 1 N–H and O–H groups in total. The van der Waals surface area contributed by atoms with Gasteiger partial charge in [-0.15, -0.1) is 0 Å². The van der Waals surface area contributed by atoms with Crippen LogP contribution in [0.25, 0.3) is 21.9 Å². The summed E-state index contributed by atoms with van der Waals surface area (Å²) in [5.41, 5.74) is 5.40. The molecule has 8 heteroatoms. The van der Waals surface area contributed by atoms with Gasteiger partial charge in [0.2, 0.25) is 0 Å². The second kappa shape index (κ2) is 7.77. The third kappa shape index (κ3) is 3.58. The summed E-state index contributed by atoms with van der Waals surface area (Å²) >= 11 is 6.56. The van der Waals surface area contributed by atoms with Crippen molar-refractivity contribution in [2.75, 3.05) is 0 Å². The Kier molecular flexibility index (Phi) is 5.00. The maximum atomic E-state index is 13.4. The molecular weight excluding hydrogens is 456 g/mol. The molecule has 0 unspecified atom stereocenters. The molecule has 0 radical (unpaired) electrons. The van der Waals surface area contributed by atoms with Crippen molar-refractivity contribution in [2.45, 2.75) is 25.2 Å². The van der Waals surface area contributed by atoms with Gasteiger partial charge in [-0.05, 0) is 67.4 Å². The van der Waals surface area contributed by atoms with Gasteiger partial charge in [-0.3, -0.25) is 0 Å². The van der Waals surface area contributed by atoms with Crippen LogP contribution in [0.2, 0.25) is 5.02 Å². The monoisotopic (exact) mass is 474 g/mol. The number of nitrogens with one attached hydrogen (secondary N) is 1. The molecule has 0 aliphatic rings. The van der Waals surface area contributed by atoms with Crippen LogP contribution >= 0.6 is 11.6 Å². The Morgan fingerprint density at radius 3 is 2.58 bits per heavy atom. The molecule has 0 aliphatic carbocycles. The lowest BCUT2D eigenvalue weighted by Gasteiger charge is -2.12. The van der Waals surface area contributed by atoms with Crippen LogP contribution in [-0.2, 0) is 16.4 Å². The molecule has 6 nitrogen and oxygen atoms in total. The zero-order chi connectivity index (χ0) is 23.3. The summed E-state index contributed by atoms with van der Waals surface area (Å²) < 4.78 is 28.0. The van der Waals surface area contributed by atoms with E-state index in [-0.39, 0.29) is 4.90 Å². The first kappa shape index (κ1) is 21.3. The fraction of sp³-hybridized carbons (Fsp3) is 0.120. The van der Waals surface area contributed by atoms with Crippen molar-refractivity contribution in [1.29, 1.82) is 5.26 Å². The second-order valence-electron chi connectivity index (χ2n) is 8.05. The SMILES string of the molecule is Cc1ccc(S(=O)(=O)n2ccc3c(Cc4nc5cc(C#N)ccc5[nH]4)c(C)cc(Cl)c32)cc1. The molecule has 0 aliphatic heterocycles. The molecular formula is C25H19ClN4O2S. The summed E-state index contributed by atoms with van der Waals surface area (Å²) in [4.78, 5) is 8.13. The van der Waals surface area contributed by atoms with E-state index in [1.807, 2.05) is 19.9 Å². The van der Waals surface area contributed by atoms with E-state index in [2.05, 4.69) is 16.0 Å². The van der Waals surface area contributed by atoms with Gasteiger partial charge in [0.15, 0.2) is 0 Å². The van der Waals surface area contributed by atoms with Crippen LogP contribution in [0.15, 0.2) is 65.7 Å². The number of nitrogens with zero attached hydrogens (tertiary/aromatic N) is 3. The van der Waals surface area contributed by atoms with Crippen molar-refractivity contribution < 1.29 is 8.42 Å². The summed E-state index contributed by atoms with van der Waals surface area (Å²) in [6, 6.07) is 17.8. The predicted molar refractivity (Wildman–Crippen MR) is 129 cm³/mol. The number of aromatic nitrogens is 3. The third-order valence-electron chi connectivity index (χ3n) is 5.81. The topological polar surface area (TPSA) is 91.5 Å². The molecule has 0 bridgehead atoms. The van der Waals surface area contributed by atoms with Crippen LogP contribution in [0.5, 0.6) is 0 Å². The van der Waals surface area contributed by atoms with Gasteiger partial charge in [0.1, 0.15) is 5.82 Å². The van der Waals surface area contributed by atoms with Crippen LogP contribution in [0.3, 0.4) is 0 Å². The van der Waals surface area contributed by atoms with Crippen LogP contribution in [0, 0.1) is 25.2 Å². The highest BCUT2D eigenvalue weighted by Crippen LogP contribution is 2.34. The first-order valence-electron chi connectivity index (χ1n) is 10.3. The number of hydrogen-bond acceptors (Lipinski definition) is 4. The van der Waals surface area contributed by atoms with Crippen molar-refractivity contribution in [3.63, 3.8) is 0 Å². The Hall–Kier alpha value is -3.60. The minimum atomic E-state index is -3.81. The normalized spacial score (nSPS) is 11.8. The van der Waals surface area contributed by atoms with Crippen molar-refractivity contribution in [3.8, 4) is 6.07 Å². The van der Waals surface area contributed by atoms with Crippen LogP contribution in [-0.4, -0.2) is 22.4 Å². The van der Waals surface area contributed by atoms with Gasteiger partial charge in [-0.2, -0.15) is 5.26 Å². The fourth-order valence-corrected chi connectivity index (χ4v) is 5.86. The Morgan fingerprint density at radius 1 is 1.09 bits per heavy atom. The van der Waals surface area contributed by atoms with Gasteiger partial charge < -0.3 is 4.98 Å². The molecule has 164 valence electrons. The number of hydrogen-bond donors (Lipinski definition) is 1. The van der Waals surface area contributed by atoms with Crippen molar-refractivity contribution in [2.24, 2.45) is 0 Å². The Balaban J connectivity index is 1.63. The summed E-state index contributed by atoms with van der Waals surface area (Å²) in [6.07, 6.45) is 2.01. The van der Waals surface area contributed by atoms with E-state index in [4.69, 9.17) is 16.9 Å². The summed E-state index contributed by atoms with van der Waals surface area (Å²) in [5, 5.41) is 10.3. The highest BCUT2D eigenvalue weighted by Gasteiger charge is 2.23. The number of fused-ring (bicyclic) bond motifs is 2. The van der Waals surface area contributed by atoms with Crippen LogP contribution in [0.1, 0.15) is 28.1 Å². The highest BCUT2D eigenvalue weighted by atomic mass is 35.5. The van der Waals surface area contributed by atoms with E-state index in [1.54, 1.807) is 54.7 Å². The molecule has 0 fully saturated rings. The number of imidazole rings is 1. The largest absolute Gasteiger partial charge is 0.342 e. The molecule has 33 heavy (non-hydrogen) atoms. The van der Waals surface area contributed by atoms with Gasteiger partial charge >= 0.3 is 0 Å². The van der Waals surface area contributed by atoms with Crippen molar-refractivity contribution in [3.05, 3.63) is 93.9 Å². The minimum absolute atomic E-state index is 0.203. The molecule has 0 saturated carbocycles. The third-order valence-corrected chi connectivity index (χ3v) is 7.78. The zero-order valence-corrected chi connectivity index (χ0v) is 19.5. The van der Waals surface area contributed by atoms with Gasteiger partial charge in [0, 0.05) is 18.0 Å².